The highest BCUT2D eigenvalue weighted by Gasteiger charge is 2.34. The van der Waals surface area contributed by atoms with E-state index in [4.69, 9.17) is 4.42 Å². The smallest absolute Gasteiger partial charge is 0.373 e. The predicted octanol–water partition coefficient (Wildman–Crippen LogP) is 3.57. The Labute approximate surface area is 200 Å². The van der Waals surface area contributed by atoms with Crippen LogP contribution in [0.15, 0.2) is 46.5 Å². The van der Waals surface area contributed by atoms with Crippen molar-refractivity contribution < 1.29 is 33.4 Å². The molecule has 0 radical (unpaired) electrons. The van der Waals surface area contributed by atoms with Crippen LogP contribution in [0, 0.1) is 20.8 Å². The lowest BCUT2D eigenvalue weighted by molar-refractivity contribution is -0.123. The van der Waals surface area contributed by atoms with Gasteiger partial charge in [-0.3, -0.25) is 9.69 Å². The maximum Gasteiger partial charge on any atom is 0.373 e. The van der Waals surface area contributed by atoms with Crippen LogP contribution in [0.4, 0.5) is 4.79 Å². The maximum atomic E-state index is 12.9. The number of imide groups is 1. The fourth-order valence-electron chi connectivity index (χ4n) is 4.10. The first kappa shape index (κ1) is 23.6. The van der Waals surface area contributed by atoms with Gasteiger partial charge in [0.25, 0.3) is 5.91 Å². The molecular weight excluding hydrogens is 454 g/mol. The molecule has 0 saturated carbocycles. The van der Waals surface area contributed by atoms with Gasteiger partial charge in [-0.25, -0.2) is 14.4 Å². The molecule has 0 aliphatic carbocycles. The summed E-state index contributed by atoms with van der Waals surface area (Å²) in [7, 11) is 1.22. The van der Waals surface area contributed by atoms with Crippen molar-refractivity contribution in [1.29, 1.82) is 0 Å². The number of carboxylic acid groups (broad SMARTS) is 1. The molecule has 2 aromatic heterocycles. The van der Waals surface area contributed by atoms with Crippen LogP contribution < -0.4 is 5.32 Å². The van der Waals surface area contributed by atoms with Gasteiger partial charge in [-0.05, 0) is 68.3 Å². The third kappa shape index (κ3) is 4.21. The third-order valence-corrected chi connectivity index (χ3v) is 5.87. The Balaban J connectivity index is 1.63. The summed E-state index contributed by atoms with van der Waals surface area (Å²) in [6.07, 6.45) is 1.58. The number of hydrogen-bond acceptors (Lipinski definition) is 6. The van der Waals surface area contributed by atoms with Crippen molar-refractivity contribution in [2.75, 3.05) is 7.11 Å². The van der Waals surface area contributed by atoms with Crippen LogP contribution in [0.5, 0.6) is 0 Å². The number of carboxylic acids is 1. The second kappa shape index (κ2) is 8.98. The highest BCUT2D eigenvalue weighted by Crippen LogP contribution is 2.27. The molecule has 1 aromatic carbocycles. The quantitative estimate of drug-likeness (QED) is 0.315. The van der Waals surface area contributed by atoms with Gasteiger partial charge in [0.1, 0.15) is 11.5 Å². The molecule has 0 unspecified atom stereocenters. The number of nitrogens with one attached hydrogen (secondary N) is 1. The van der Waals surface area contributed by atoms with Crippen molar-refractivity contribution in [1.82, 2.24) is 14.8 Å². The Kier molecular flexibility index (Phi) is 6.04. The van der Waals surface area contributed by atoms with Crippen LogP contribution in [0.1, 0.15) is 49.2 Å². The Morgan fingerprint density at radius 2 is 1.89 bits per heavy atom. The van der Waals surface area contributed by atoms with Crippen molar-refractivity contribution >= 4 is 30.0 Å². The van der Waals surface area contributed by atoms with Gasteiger partial charge in [0, 0.05) is 17.1 Å². The van der Waals surface area contributed by atoms with Gasteiger partial charge >= 0.3 is 18.0 Å². The zero-order valence-electron chi connectivity index (χ0n) is 19.5. The Hall–Kier alpha value is -4.60. The number of carbonyl (C=O) groups excluding carboxylic acids is 3. The molecule has 10 nitrogen and oxygen atoms in total. The van der Waals surface area contributed by atoms with E-state index in [0.29, 0.717) is 16.8 Å². The van der Waals surface area contributed by atoms with Gasteiger partial charge in [0.15, 0.2) is 0 Å². The van der Waals surface area contributed by atoms with E-state index >= 15 is 0 Å². The number of esters is 1. The fraction of sp³-hybridized carbons (Fsp3) is 0.200. The molecule has 1 fully saturated rings. The highest BCUT2D eigenvalue weighted by molar-refractivity contribution is 6.14. The highest BCUT2D eigenvalue weighted by atomic mass is 16.5. The van der Waals surface area contributed by atoms with Crippen LogP contribution in [-0.2, 0) is 16.1 Å². The van der Waals surface area contributed by atoms with E-state index in [-0.39, 0.29) is 29.3 Å². The molecule has 0 bridgehead atoms. The molecule has 180 valence electrons. The number of aromatic nitrogens is 1. The number of ether oxygens (including phenoxy) is 1. The van der Waals surface area contributed by atoms with E-state index in [2.05, 4.69) is 10.1 Å². The lowest BCUT2D eigenvalue weighted by Crippen LogP contribution is -2.30. The van der Waals surface area contributed by atoms with Crippen molar-refractivity contribution in [2.45, 2.75) is 27.3 Å². The number of hydrogen-bond donors (Lipinski definition) is 2. The number of methoxy groups -OCH3 is 1. The largest absolute Gasteiger partial charge is 0.478 e. The minimum absolute atomic E-state index is 0.0278. The molecule has 3 amide bonds. The minimum atomic E-state index is -1.01. The third-order valence-electron chi connectivity index (χ3n) is 5.87. The molecule has 1 aliphatic rings. The molecule has 1 aliphatic heterocycles. The molecule has 0 spiro atoms. The van der Waals surface area contributed by atoms with E-state index in [0.717, 1.165) is 16.3 Å². The predicted molar refractivity (Wildman–Crippen MR) is 124 cm³/mol. The molecular formula is C25H23N3O7. The number of nitrogens with zero attached hydrogens (tertiary/aromatic N) is 2. The summed E-state index contributed by atoms with van der Waals surface area (Å²) in [6.45, 7) is 5.31. The van der Waals surface area contributed by atoms with Gasteiger partial charge < -0.3 is 24.1 Å². The number of rotatable bonds is 6. The zero-order valence-corrected chi connectivity index (χ0v) is 19.5. The van der Waals surface area contributed by atoms with E-state index in [1.807, 2.05) is 30.5 Å². The summed E-state index contributed by atoms with van der Waals surface area (Å²) in [6, 6.07) is 9.20. The maximum absolute atomic E-state index is 12.9. The van der Waals surface area contributed by atoms with Crippen molar-refractivity contribution in [2.24, 2.45) is 0 Å². The van der Waals surface area contributed by atoms with Gasteiger partial charge in [-0.2, -0.15) is 0 Å². The van der Waals surface area contributed by atoms with Gasteiger partial charge in [0.2, 0.25) is 5.76 Å². The minimum Gasteiger partial charge on any atom is -0.478 e. The number of urea groups is 1. The molecule has 0 atom stereocenters. The average Bonchev–Trinajstić information content (AvgIpc) is 3.47. The van der Waals surface area contributed by atoms with E-state index < -0.39 is 23.9 Å². The second-order valence-electron chi connectivity index (χ2n) is 8.05. The average molecular weight is 477 g/mol. The first-order valence-corrected chi connectivity index (χ1v) is 10.7. The van der Waals surface area contributed by atoms with Gasteiger partial charge in [-0.15, -0.1) is 0 Å². The van der Waals surface area contributed by atoms with Crippen LogP contribution in [0.2, 0.25) is 0 Å². The monoisotopic (exact) mass is 477 g/mol. The van der Waals surface area contributed by atoms with Crippen LogP contribution in [0.25, 0.3) is 11.8 Å². The summed E-state index contributed by atoms with van der Waals surface area (Å²) >= 11 is 0. The van der Waals surface area contributed by atoms with Crippen molar-refractivity contribution in [3.05, 3.63) is 81.7 Å². The molecule has 3 heterocycles. The normalized spacial score (nSPS) is 14.5. The summed E-state index contributed by atoms with van der Waals surface area (Å²) in [5.41, 5.74) is 3.92. The van der Waals surface area contributed by atoms with E-state index in [9.17, 15) is 24.3 Å². The van der Waals surface area contributed by atoms with Crippen LogP contribution in [-0.4, -0.2) is 45.6 Å². The first-order valence-electron chi connectivity index (χ1n) is 10.7. The number of carbonyl (C=O) groups is 4. The summed E-state index contributed by atoms with van der Waals surface area (Å²) in [4.78, 5) is 49.5. The topological polar surface area (TPSA) is 131 Å². The zero-order chi connectivity index (χ0) is 25.4. The summed E-state index contributed by atoms with van der Waals surface area (Å²) in [5, 5.41) is 12.0. The number of aromatic carboxylic acids is 1. The molecule has 2 N–H and O–H groups in total. The second-order valence-corrected chi connectivity index (χ2v) is 8.05. The molecule has 10 heteroatoms. The summed E-state index contributed by atoms with van der Waals surface area (Å²) < 4.78 is 11.9. The number of aryl methyl sites for hydroxylation is 1. The first-order chi connectivity index (χ1) is 16.6. The van der Waals surface area contributed by atoms with E-state index in [1.54, 1.807) is 25.1 Å². The molecule has 35 heavy (non-hydrogen) atoms. The van der Waals surface area contributed by atoms with E-state index in [1.165, 1.54) is 19.2 Å². The number of benzene rings is 1. The molecule has 4 rings (SSSR count). The Morgan fingerprint density at radius 3 is 2.57 bits per heavy atom. The Bertz CT molecular complexity index is 1410. The summed E-state index contributed by atoms with van der Waals surface area (Å²) in [5.74, 6) is -1.99. The van der Waals surface area contributed by atoms with Gasteiger partial charge in [-0.1, -0.05) is 6.07 Å². The lowest BCUT2D eigenvalue weighted by Gasteiger charge is -2.14. The number of furan rings is 1. The van der Waals surface area contributed by atoms with Gasteiger partial charge in [0.05, 0.1) is 19.2 Å². The lowest BCUT2D eigenvalue weighted by atomic mass is 10.1. The molecule has 3 aromatic rings. The molecule has 1 saturated heterocycles. The number of amides is 3. The van der Waals surface area contributed by atoms with Crippen LogP contribution >= 0.6 is 0 Å². The van der Waals surface area contributed by atoms with Crippen molar-refractivity contribution in [3.8, 4) is 5.69 Å². The standard InChI is InChI=1S/C25H23N3O7/c1-13-10-16(15(3)28(13)20-7-5-6-18(14(20)2)23(30)31)11-19-22(29)27(25(33)26-19)12-17-8-9-21(35-17)24(32)34-4/h5-11H,12H2,1-4H3,(H,26,33)(H,30,31). The fourth-order valence-corrected chi connectivity index (χ4v) is 4.10. The SMILES string of the molecule is COC(=O)c1ccc(CN2C(=O)NC(=Cc3cc(C)n(-c4cccc(C(=O)O)c4C)c3C)C2=O)o1. The van der Waals surface area contributed by atoms with Crippen molar-refractivity contribution in [3.63, 3.8) is 0 Å². The Morgan fingerprint density at radius 1 is 1.14 bits per heavy atom. The van der Waals surface area contributed by atoms with Crippen LogP contribution in [0.3, 0.4) is 0 Å².